The number of carbonyl (C=O) groups excluding carboxylic acids is 3. The maximum absolute atomic E-state index is 13.0. The SMILES string of the molecule is CC(C)(C)OC(=O)N(Cc1cccc(NC(=S)NC(C)(COC(=O)C(C)(C)C)c2cccc(Cl)c2)c1N)C(=O)OC(C)(C)C. The van der Waals surface area contributed by atoms with E-state index < -0.39 is 34.3 Å². The fourth-order valence-electron chi connectivity index (χ4n) is 3.72. The van der Waals surface area contributed by atoms with Crippen LogP contribution in [0.3, 0.4) is 0 Å². The Hall–Kier alpha value is -3.57. The number of rotatable bonds is 7. The van der Waals surface area contributed by atoms with Gasteiger partial charge in [0.05, 0.1) is 28.9 Å². The fourth-order valence-corrected chi connectivity index (χ4v) is 4.25. The zero-order valence-corrected chi connectivity index (χ0v) is 28.8. The van der Waals surface area contributed by atoms with E-state index >= 15 is 0 Å². The Morgan fingerprint density at radius 3 is 1.93 bits per heavy atom. The molecule has 0 spiro atoms. The van der Waals surface area contributed by atoms with Crippen molar-refractivity contribution in [1.82, 2.24) is 10.2 Å². The number of esters is 1. The third kappa shape index (κ3) is 11.2. The summed E-state index contributed by atoms with van der Waals surface area (Å²) in [5.41, 5.74) is 5.01. The number of hydrogen-bond acceptors (Lipinski definition) is 8. The zero-order chi connectivity index (χ0) is 33.7. The van der Waals surface area contributed by atoms with E-state index in [4.69, 9.17) is 43.8 Å². The minimum Gasteiger partial charge on any atom is -0.462 e. The number of ether oxygens (including phenoxy) is 3. The molecule has 242 valence electrons. The smallest absolute Gasteiger partial charge is 0.420 e. The van der Waals surface area contributed by atoms with Crippen LogP contribution in [0.5, 0.6) is 0 Å². The number of nitrogen functional groups attached to an aromatic ring is 1. The van der Waals surface area contributed by atoms with E-state index in [9.17, 15) is 14.4 Å². The van der Waals surface area contributed by atoms with Gasteiger partial charge in [0.15, 0.2) is 5.11 Å². The Labute approximate surface area is 270 Å². The summed E-state index contributed by atoms with van der Waals surface area (Å²) in [4.78, 5) is 39.5. The molecule has 10 nitrogen and oxygen atoms in total. The van der Waals surface area contributed by atoms with Crippen molar-refractivity contribution in [1.29, 1.82) is 0 Å². The third-order valence-corrected chi connectivity index (χ3v) is 6.40. The van der Waals surface area contributed by atoms with E-state index in [0.717, 1.165) is 10.5 Å². The summed E-state index contributed by atoms with van der Waals surface area (Å²) < 4.78 is 16.6. The monoisotopic (exact) mass is 648 g/mol. The molecule has 0 aliphatic carbocycles. The highest BCUT2D eigenvalue weighted by Crippen LogP contribution is 2.29. The molecule has 4 N–H and O–H groups in total. The molecule has 0 aromatic heterocycles. The highest BCUT2D eigenvalue weighted by molar-refractivity contribution is 7.80. The standard InChI is InChI=1S/C32H45ClN4O6S/c1-29(2,3)25(38)41-19-32(10,21-14-12-15-22(33)17-21)36-26(44)35-23-16-11-13-20(24(23)34)18-37(27(39)42-30(4,5)6)28(40)43-31(7,8)9/h11-17H,18-19,34H2,1-10H3,(H2,35,36,44). The minimum atomic E-state index is -0.966. The van der Waals surface area contributed by atoms with E-state index in [2.05, 4.69) is 10.6 Å². The van der Waals surface area contributed by atoms with E-state index in [1.54, 1.807) is 98.7 Å². The van der Waals surface area contributed by atoms with Crippen molar-refractivity contribution in [2.45, 2.75) is 92.5 Å². The van der Waals surface area contributed by atoms with Gasteiger partial charge in [-0.3, -0.25) is 4.79 Å². The molecule has 0 saturated carbocycles. The largest absolute Gasteiger partial charge is 0.462 e. The number of halogens is 1. The number of imide groups is 1. The number of thiocarbonyl (C=S) groups is 1. The number of nitrogens with two attached hydrogens (primary N) is 1. The molecule has 12 heteroatoms. The van der Waals surface area contributed by atoms with Crippen molar-refractivity contribution in [3.63, 3.8) is 0 Å². The Kier molecular flexibility index (Phi) is 11.7. The van der Waals surface area contributed by atoms with Crippen LogP contribution in [0.1, 0.15) is 80.4 Å². The maximum atomic E-state index is 13.0. The third-order valence-electron chi connectivity index (χ3n) is 5.96. The van der Waals surface area contributed by atoms with Gasteiger partial charge in [0, 0.05) is 5.02 Å². The van der Waals surface area contributed by atoms with Crippen molar-refractivity contribution in [3.05, 3.63) is 58.6 Å². The number of hydrogen-bond donors (Lipinski definition) is 3. The molecule has 1 unspecified atom stereocenters. The lowest BCUT2D eigenvalue weighted by atomic mass is 9.92. The first-order valence-corrected chi connectivity index (χ1v) is 14.9. The van der Waals surface area contributed by atoms with Gasteiger partial charge in [-0.1, -0.05) is 35.9 Å². The Morgan fingerprint density at radius 1 is 0.886 bits per heavy atom. The summed E-state index contributed by atoms with van der Waals surface area (Å²) in [7, 11) is 0. The molecule has 2 aromatic carbocycles. The summed E-state index contributed by atoms with van der Waals surface area (Å²) in [6.45, 7) is 17.1. The predicted octanol–water partition coefficient (Wildman–Crippen LogP) is 7.39. The lowest BCUT2D eigenvalue weighted by Gasteiger charge is -2.33. The molecular formula is C32H45ClN4O6S. The number of nitrogens with zero attached hydrogens (tertiary/aromatic N) is 1. The van der Waals surface area contributed by atoms with Crippen LogP contribution in [-0.2, 0) is 31.1 Å². The molecule has 0 aliphatic heterocycles. The molecule has 0 aliphatic rings. The first-order chi connectivity index (χ1) is 20.0. The lowest BCUT2D eigenvalue weighted by Crippen LogP contribution is -2.49. The summed E-state index contributed by atoms with van der Waals surface area (Å²) in [6.07, 6.45) is -1.74. The minimum absolute atomic E-state index is 0.0402. The molecule has 2 rings (SSSR count). The summed E-state index contributed by atoms with van der Waals surface area (Å²) in [5, 5.41) is 7.01. The molecule has 0 fully saturated rings. The van der Waals surface area contributed by atoms with Crippen LogP contribution in [0.25, 0.3) is 0 Å². The summed E-state index contributed by atoms with van der Waals surface area (Å²) in [5.74, 6) is -0.372. The van der Waals surface area contributed by atoms with Gasteiger partial charge in [-0.25, -0.2) is 14.5 Å². The molecule has 0 bridgehead atoms. The van der Waals surface area contributed by atoms with Crippen LogP contribution >= 0.6 is 23.8 Å². The average molecular weight is 649 g/mol. The molecule has 0 saturated heterocycles. The van der Waals surface area contributed by atoms with Gasteiger partial charge in [-0.05, 0) is 111 Å². The second kappa shape index (κ2) is 14.0. The number of carbonyl (C=O) groups is 3. The Balaban J connectivity index is 2.35. The molecule has 2 amide bonds. The fraction of sp³-hybridized carbons (Fsp3) is 0.500. The molecule has 1 atom stereocenters. The molecule has 0 radical (unpaired) electrons. The van der Waals surface area contributed by atoms with Crippen molar-refractivity contribution in [3.8, 4) is 0 Å². The number of benzene rings is 2. The highest BCUT2D eigenvalue weighted by Gasteiger charge is 2.34. The van der Waals surface area contributed by atoms with E-state index in [0.29, 0.717) is 16.3 Å². The van der Waals surface area contributed by atoms with Gasteiger partial charge in [-0.2, -0.15) is 0 Å². The summed E-state index contributed by atoms with van der Waals surface area (Å²) in [6, 6.07) is 12.2. The van der Waals surface area contributed by atoms with Gasteiger partial charge in [0.2, 0.25) is 0 Å². The first-order valence-electron chi connectivity index (χ1n) is 14.1. The highest BCUT2D eigenvalue weighted by atomic mass is 35.5. The second-order valence-corrected chi connectivity index (χ2v) is 14.5. The molecule has 44 heavy (non-hydrogen) atoms. The number of anilines is 2. The second-order valence-electron chi connectivity index (χ2n) is 13.7. The van der Waals surface area contributed by atoms with Gasteiger partial charge < -0.3 is 30.6 Å². The molecular weight excluding hydrogens is 604 g/mol. The van der Waals surface area contributed by atoms with E-state index in [1.807, 2.05) is 13.0 Å². The van der Waals surface area contributed by atoms with Gasteiger partial charge in [0.1, 0.15) is 17.8 Å². The van der Waals surface area contributed by atoms with Crippen molar-refractivity contribution >= 4 is 58.5 Å². The van der Waals surface area contributed by atoms with Crippen LogP contribution in [0, 0.1) is 5.41 Å². The normalized spacial score (nSPS) is 13.2. The van der Waals surface area contributed by atoms with Crippen LogP contribution in [0.4, 0.5) is 21.0 Å². The number of amides is 2. The zero-order valence-electron chi connectivity index (χ0n) is 27.2. The average Bonchev–Trinajstić information content (AvgIpc) is 2.85. The van der Waals surface area contributed by atoms with Crippen molar-refractivity contribution < 1.29 is 28.6 Å². The Morgan fingerprint density at radius 2 is 1.43 bits per heavy atom. The lowest BCUT2D eigenvalue weighted by molar-refractivity contribution is -0.155. The number of para-hydroxylation sites is 1. The van der Waals surface area contributed by atoms with Crippen LogP contribution in [0.2, 0.25) is 5.02 Å². The van der Waals surface area contributed by atoms with Crippen LogP contribution in [-0.4, -0.2) is 46.0 Å². The van der Waals surface area contributed by atoms with Gasteiger partial charge in [-0.15, -0.1) is 0 Å². The van der Waals surface area contributed by atoms with Gasteiger partial charge in [0.25, 0.3) is 0 Å². The van der Waals surface area contributed by atoms with E-state index in [1.165, 1.54) is 0 Å². The van der Waals surface area contributed by atoms with E-state index in [-0.39, 0.29) is 29.9 Å². The number of nitrogens with one attached hydrogen (secondary N) is 2. The van der Waals surface area contributed by atoms with Gasteiger partial charge >= 0.3 is 18.2 Å². The maximum Gasteiger partial charge on any atom is 0.420 e. The summed E-state index contributed by atoms with van der Waals surface area (Å²) >= 11 is 11.9. The predicted molar refractivity (Wildman–Crippen MR) is 177 cm³/mol. The Bertz CT molecular complexity index is 1350. The molecule has 0 heterocycles. The van der Waals surface area contributed by atoms with Crippen LogP contribution < -0.4 is 16.4 Å². The topological polar surface area (TPSA) is 132 Å². The van der Waals surface area contributed by atoms with Crippen molar-refractivity contribution in [2.24, 2.45) is 5.41 Å². The quantitative estimate of drug-likeness (QED) is 0.121. The molecule has 2 aromatic rings. The first kappa shape index (κ1) is 36.6. The van der Waals surface area contributed by atoms with Crippen LogP contribution in [0.15, 0.2) is 42.5 Å². The van der Waals surface area contributed by atoms with Crippen molar-refractivity contribution in [2.75, 3.05) is 17.7 Å².